The summed E-state index contributed by atoms with van der Waals surface area (Å²) in [6.45, 7) is 2.65. The van der Waals surface area contributed by atoms with Gasteiger partial charge in [-0.2, -0.15) is 0 Å². The Labute approximate surface area is 140 Å². The fourth-order valence-electron chi connectivity index (χ4n) is 3.12. The van der Waals surface area contributed by atoms with Gasteiger partial charge in [0.15, 0.2) is 0 Å². The van der Waals surface area contributed by atoms with Crippen molar-refractivity contribution >= 4 is 22.4 Å². The molecule has 1 heterocycles. The Morgan fingerprint density at radius 1 is 1.30 bits per heavy atom. The van der Waals surface area contributed by atoms with E-state index in [2.05, 4.69) is 46.7 Å². The first-order valence-electron chi connectivity index (χ1n) is 8.04. The number of aryl methyl sites for hydroxylation is 1. The monoisotopic (exact) mass is 330 g/mol. The lowest BCUT2D eigenvalue weighted by atomic mass is 9.95. The van der Waals surface area contributed by atoms with Gasteiger partial charge in [0, 0.05) is 12.3 Å². The Bertz CT molecular complexity index is 667. The standard InChI is InChI=1S/C17H22N4OS/c1-11-5-7-12(8-6-11)9-15-20-21-17(23-15)19-16(22)14-4-2-3-13(14)10-18/h5-8,13-14H,2-4,9-10,18H2,1H3,(H,19,21,22)/t13-,14-/m1/s1. The van der Waals surface area contributed by atoms with Crippen LogP contribution in [-0.4, -0.2) is 22.6 Å². The Hall–Kier alpha value is -1.79. The highest BCUT2D eigenvalue weighted by Gasteiger charge is 2.32. The summed E-state index contributed by atoms with van der Waals surface area (Å²) >= 11 is 1.44. The zero-order valence-corrected chi connectivity index (χ0v) is 14.1. The van der Waals surface area contributed by atoms with Gasteiger partial charge >= 0.3 is 0 Å². The molecule has 3 rings (SSSR count). The normalized spacial score (nSPS) is 20.6. The van der Waals surface area contributed by atoms with Crippen molar-refractivity contribution in [3.05, 3.63) is 40.4 Å². The second-order valence-corrected chi connectivity index (χ2v) is 7.25. The predicted molar refractivity (Wildman–Crippen MR) is 92.4 cm³/mol. The van der Waals surface area contributed by atoms with Gasteiger partial charge in [-0.25, -0.2) is 0 Å². The minimum Gasteiger partial charge on any atom is -0.330 e. The molecule has 1 amide bonds. The van der Waals surface area contributed by atoms with Crippen molar-refractivity contribution in [3.63, 3.8) is 0 Å². The average Bonchev–Trinajstić information content (AvgIpc) is 3.18. The minimum absolute atomic E-state index is 0.0180. The van der Waals surface area contributed by atoms with Crippen molar-refractivity contribution in [3.8, 4) is 0 Å². The Morgan fingerprint density at radius 2 is 2.09 bits per heavy atom. The molecule has 6 heteroatoms. The van der Waals surface area contributed by atoms with Crippen LogP contribution >= 0.6 is 11.3 Å². The van der Waals surface area contributed by atoms with Crippen LogP contribution in [0.3, 0.4) is 0 Å². The van der Waals surface area contributed by atoms with Gasteiger partial charge in [-0.3, -0.25) is 4.79 Å². The van der Waals surface area contributed by atoms with Crippen LogP contribution in [0, 0.1) is 18.8 Å². The number of nitrogens with one attached hydrogen (secondary N) is 1. The van der Waals surface area contributed by atoms with E-state index in [1.54, 1.807) is 0 Å². The molecule has 122 valence electrons. The van der Waals surface area contributed by atoms with Gasteiger partial charge in [0.2, 0.25) is 11.0 Å². The van der Waals surface area contributed by atoms with E-state index in [0.29, 0.717) is 17.6 Å². The van der Waals surface area contributed by atoms with E-state index < -0.39 is 0 Å². The zero-order chi connectivity index (χ0) is 16.2. The summed E-state index contributed by atoms with van der Waals surface area (Å²) in [5.41, 5.74) is 8.19. The highest BCUT2D eigenvalue weighted by Crippen LogP contribution is 2.32. The van der Waals surface area contributed by atoms with Crippen LogP contribution in [0.1, 0.15) is 35.4 Å². The molecule has 23 heavy (non-hydrogen) atoms. The van der Waals surface area contributed by atoms with E-state index >= 15 is 0 Å². The molecule has 0 aliphatic heterocycles. The molecule has 0 unspecified atom stereocenters. The molecule has 2 atom stereocenters. The van der Waals surface area contributed by atoms with Gasteiger partial charge in [0.05, 0.1) is 0 Å². The van der Waals surface area contributed by atoms with E-state index in [1.165, 1.54) is 22.5 Å². The van der Waals surface area contributed by atoms with Crippen LogP contribution in [0.15, 0.2) is 24.3 Å². The maximum atomic E-state index is 12.4. The zero-order valence-electron chi connectivity index (χ0n) is 13.3. The first-order chi connectivity index (χ1) is 11.2. The lowest BCUT2D eigenvalue weighted by Gasteiger charge is -2.15. The number of amides is 1. The number of rotatable bonds is 5. The summed E-state index contributed by atoms with van der Waals surface area (Å²) in [6.07, 6.45) is 3.78. The average molecular weight is 330 g/mol. The fourth-order valence-corrected chi connectivity index (χ4v) is 3.90. The molecule has 0 spiro atoms. The van der Waals surface area contributed by atoms with Crippen LogP contribution in [0.25, 0.3) is 0 Å². The van der Waals surface area contributed by atoms with Crippen LogP contribution < -0.4 is 11.1 Å². The minimum atomic E-state index is 0.0180. The maximum Gasteiger partial charge on any atom is 0.229 e. The number of aromatic nitrogens is 2. The van der Waals surface area contributed by atoms with Gasteiger partial charge in [-0.05, 0) is 37.8 Å². The van der Waals surface area contributed by atoms with Crippen molar-refractivity contribution < 1.29 is 4.79 Å². The number of hydrogen-bond donors (Lipinski definition) is 2. The number of anilines is 1. The van der Waals surface area contributed by atoms with Gasteiger partial charge in [-0.1, -0.05) is 47.6 Å². The predicted octanol–water partition coefficient (Wildman–Crippen LogP) is 2.75. The number of benzene rings is 1. The summed E-state index contributed by atoms with van der Waals surface area (Å²) in [7, 11) is 0. The SMILES string of the molecule is Cc1ccc(Cc2nnc(NC(=O)[C@@H]3CCC[C@@H]3CN)s2)cc1. The molecule has 1 aromatic carbocycles. The van der Waals surface area contributed by atoms with E-state index in [1.807, 2.05) is 0 Å². The number of carbonyl (C=O) groups is 1. The van der Waals surface area contributed by atoms with Crippen LogP contribution in [0.4, 0.5) is 5.13 Å². The van der Waals surface area contributed by atoms with Crippen LogP contribution in [-0.2, 0) is 11.2 Å². The molecular weight excluding hydrogens is 308 g/mol. The van der Waals surface area contributed by atoms with Crippen molar-refractivity contribution in [2.24, 2.45) is 17.6 Å². The number of carbonyl (C=O) groups excluding carboxylic acids is 1. The first kappa shape index (κ1) is 16.1. The second-order valence-electron chi connectivity index (χ2n) is 6.19. The summed E-state index contributed by atoms with van der Waals surface area (Å²) in [5.74, 6) is 0.357. The molecule has 1 aromatic heterocycles. The van der Waals surface area contributed by atoms with Crippen molar-refractivity contribution in [2.45, 2.75) is 32.6 Å². The number of nitrogens with zero attached hydrogens (tertiary/aromatic N) is 2. The van der Waals surface area contributed by atoms with Crippen molar-refractivity contribution in [1.29, 1.82) is 0 Å². The third-order valence-corrected chi connectivity index (χ3v) is 5.31. The lowest BCUT2D eigenvalue weighted by molar-refractivity contribution is -0.120. The number of hydrogen-bond acceptors (Lipinski definition) is 5. The molecule has 1 aliphatic carbocycles. The molecule has 1 fully saturated rings. The molecule has 1 saturated carbocycles. The largest absolute Gasteiger partial charge is 0.330 e. The number of nitrogens with two attached hydrogens (primary N) is 1. The van der Waals surface area contributed by atoms with Crippen LogP contribution in [0.5, 0.6) is 0 Å². The van der Waals surface area contributed by atoms with Crippen LogP contribution in [0.2, 0.25) is 0 Å². The molecule has 0 radical (unpaired) electrons. The fraction of sp³-hybridized carbons (Fsp3) is 0.471. The topological polar surface area (TPSA) is 80.9 Å². The molecular formula is C17H22N4OS. The van der Waals surface area contributed by atoms with Gasteiger partial charge in [0.25, 0.3) is 0 Å². The molecule has 1 aliphatic rings. The van der Waals surface area contributed by atoms with Gasteiger partial charge < -0.3 is 11.1 Å². The van der Waals surface area contributed by atoms with Crippen molar-refractivity contribution in [2.75, 3.05) is 11.9 Å². The Balaban J connectivity index is 1.60. The third-order valence-electron chi connectivity index (χ3n) is 4.47. The van der Waals surface area contributed by atoms with E-state index in [-0.39, 0.29) is 11.8 Å². The molecule has 0 bridgehead atoms. The summed E-state index contributed by atoms with van der Waals surface area (Å²) in [4.78, 5) is 12.4. The van der Waals surface area contributed by atoms with Gasteiger partial charge in [-0.15, -0.1) is 10.2 Å². The van der Waals surface area contributed by atoms with Crippen molar-refractivity contribution in [1.82, 2.24) is 10.2 Å². The Morgan fingerprint density at radius 3 is 2.83 bits per heavy atom. The molecule has 2 aromatic rings. The van der Waals surface area contributed by atoms with Gasteiger partial charge in [0.1, 0.15) is 5.01 Å². The smallest absolute Gasteiger partial charge is 0.229 e. The van der Waals surface area contributed by atoms with E-state index in [0.717, 1.165) is 30.7 Å². The quantitative estimate of drug-likeness (QED) is 0.883. The molecule has 3 N–H and O–H groups in total. The lowest BCUT2D eigenvalue weighted by Crippen LogP contribution is -2.29. The first-order valence-corrected chi connectivity index (χ1v) is 8.86. The highest BCUT2D eigenvalue weighted by molar-refractivity contribution is 7.15. The maximum absolute atomic E-state index is 12.4. The summed E-state index contributed by atoms with van der Waals surface area (Å²) in [6, 6.07) is 8.37. The summed E-state index contributed by atoms with van der Waals surface area (Å²) in [5, 5.41) is 12.7. The summed E-state index contributed by atoms with van der Waals surface area (Å²) < 4.78 is 0. The highest BCUT2D eigenvalue weighted by atomic mass is 32.1. The van der Waals surface area contributed by atoms with E-state index in [9.17, 15) is 4.79 Å². The molecule has 0 saturated heterocycles. The molecule has 5 nitrogen and oxygen atoms in total. The Kier molecular flexibility index (Phi) is 5.03. The van der Waals surface area contributed by atoms with E-state index in [4.69, 9.17) is 5.73 Å². The third kappa shape index (κ3) is 3.95. The second kappa shape index (κ2) is 7.19.